The number of halogens is 1. The zero-order valence-corrected chi connectivity index (χ0v) is 11.8. The van der Waals surface area contributed by atoms with E-state index in [1.165, 1.54) is 5.56 Å². The van der Waals surface area contributed by atoms with Crippen molar-refractivity contribution >= 4 is 28.8 Å². The molecule has 102 valence electrons. The van der Waals surface area contributed by atoms with E-state index < -0.39 is 0 Å². The molecule has 0 aliphatic rings. The second kappa shape index (κ2) is 5.46. The highest BCUT2D eigenvalue weighted by molar-refractivity contribution is 6.17. The molecule has 1 aromatic carbocycles. The van der Waals surface area contributed by atoms with E-state index in [4.69, 9.17) is 11.6 Å². The van der Waals surface area contributed by atoms with Crippen molar-refractivity contribution in [2.24, 2.45) is 0 Å². The van der Waals surface area contributed by atoms with Crippen LogP contribution in [0.1, 0.15) is 11.4 Å². The van der Waals surface area contributed by atoms with Gasteiger partial charge in [0.1, 0.15) is 5.82 Å². The molecule has 0 spiro atoms. The number of rotatable bonds is 4. The summed E-state index contributed by atoms with van der Waals surface area (Å²) >= 11 is 5.73. The highest BCUT2D eigenvalue weighted by atomic mass is 35.5. The lowest BCUT2D eigenvalue weighted by Crippen LogP contribution is -1.98. The maximum atomic E-state index is 5.73. The summed E-state index contributed by atoms with van der Waals surface area (Å²) in [7, 11) is 0. The number of anilines is 2. The van der Waals surface area contributed by atoms with Crippen LogP contribution >= 0.6 is 11.6 Å². The van der Waals surface area contributed by atoms with Gasteiger partial charge in [-0.05, 0) is 31.0 Å². The third-order valence-corrected chi connectivity index (χ3v) is 3.29. The third-order valence-electron chi connectivity index (χ3n) is 3.10. The molecule has 6 heteroatoms. The lowest BCUT2D eigenvalue weighted by Gasteiger charge is -2.07. The predicted molar refractivity (Wildman–Crippen MR) is 79.7 cm³/mol. The zero-order chi connectivity index (χ0) is 13.9. The molecule has 0 fully saturated rings. The monoisotopic (exact) mass is 287 g/mol. The third kappa shape index (κ3) is 2.44. The van der Waals surface area contributed by atoms with Crippen molar-refractivity contribution < 1.29 is 0 Å². The SMILES string of the molecule is Cc1nnc2c(Nc3ccc(CCCl)cc3)nccn12. The number of nitrogens with zero attached hydrogens (tertiary/aromatic N) is 4. The number of fused-ring (bicyclic) bond motifs is 1. The summed E-state index contributed by atoms with van der Waals surface area (Å²) in [6, 6.07) is 8.13. The van der Waals surface area contributed by atoms with Crippen molar-refractivity contribution in [2.45, 2.75) is 13.3 Å². The highest BCUT2D eigenvalue weighted by Gasteiger charge is 2.07. The number of aromatic nitrogens is 4. The van der Waals surface area contributed by atoms with E-state index in [1.807, 2.05) is 29.7 Å². The smallest absolute Gasteiger partial charge is 0.204 e. The second-order valence-electron chi connectivity index (χ2n) is 4.48. The molecule has 0 radical (unpaired) electrons. The summed E-state index contributed by atoms with van der Waals surface area (Å²) in [5.74, 6) is 2.16. The number of hydrogen-bond acceptors (Lipinski definition) is 4. The van der Waals surface area contributed by atoms with Gasteiger partial charge in [-0.15, -0.1) is 21.8 Å². The summed E-state index contributed by atoms with van der Waals surface area (Å²) in [4.78, 5) is 4.32. The predicted octanol–water partition coefficient (Wildman–Crippen LogP) is 2.96. The topological polar surface area (TPSA) is 55.1 Å². The maximum Gasteiger partial charge on any atom is 0.204 e. The zero-order valence-electron chi connectivity index (χ0n) is 11.0. The van der Waals surface area contributed by atoms with Crippen LogP contribution in [0.2, 0.25) is 0 Å². The molecule has 3 rings (SSSR count). The Balaban J connectivity index is 1.89. The molecule has 0 bridgehead atoms. The Kier molecular flexibility index (Phi) is 3.52. The van der Waals surface area contributed by atoms with Crippen LogP contribution in [0, 0.1) is 6.92 Å². The van der Waals surface area contributed by atoms with Crippen LogP contribution in [0.25, 0.3) is 5.65 Å². The number of benzene rings is 1. The van der Waals surface area contributed by atoms with Gasteiger partial charge >= 0.3 is 0 Å². The van der Waals surface area contributed by atoms with Crippen LogP contribution in [0.5, 0.6) is 0 Å². The Morgan fingerprint density at radius 1 is 1.20 bits per heavy atom. The molecule has 0 unspecified atom stereocenters. The molecule has 0 atom stereocenters. The van der Waals surface area contributed by atoms with E-state index in [0.717, 1.165) is 23.6 Å². The van der Waals surface area contributed by atoms with Crippen molar-refractivity contribution in [1.29, 1.82) is 0 Å². The number of nitrogens with one attached hydrogen (secondary N) is 1. The van der Waals surface area contributed by atoms with Gasteiger partial charge in [0, 0.05) is 24.0 Å². The fourth-order valence-electron chi connectivity index (χ4n) is 2.03. The molecule has 0 amide bonds. The first-order chi connectivity index (χ1) is 9.78. The standard InChI is InChI=1S/C14H14ClN5/c1-10-18-19-14-13(16-8-9-20(10)14)17-12-4-2-11(3-5-12)6-7-15/h2-5,8-9H,6-7H2,1H3,(H,16,17). The van der Waals surface area contributed by atoms with E-state index >= 15 is 0 Å². The molecular weight excluding hydrogens is 274 g/mol. The maximum absolute atomic E-state index is 5.73. The quantitative estimate of drug-likeness (QED) is 0.750. The molecular formula is C14H14ClN5. The minimum atomic E-state index is 0.632. The summed E-state index contributed by atoms with van der Waals surface area (Å²) < 4.78 is 1.90. The molecule has 0 saturated heterocycles. The Morgan fingerprint density at radius 2 is 2.00 bits per heavy atom. The van der Waals surface area contributed by atoms with Crippen LogP contribution in [0.15, 0.2) is 36.7 Å². The van der Waals surface area contributed by atoms with Crippen molar-refractivity contribution in [3.8, 4) is 0 Å². The van der Waals surface area contributed by atoms with Crippen molar-refractivity contribution in [3.63, 3.8) is 0 Å². The molecule has 0 aliphatic carbocycles. The van der Waals surface area contributed by atoms with E-state index in [9.17, 15) is 0 Å². The number of alkyl halides is 1. The van der Waals surface area contributed by atoms with Crippen molar-refractivity contribution in [2.75, 3.05) is 11.2 Å². The summed E-state index contributed by atoms with van der Waals surface area (Å²) in [6.07, 6.45) is 4.45. The van der Waals surface area contributed by atoms with E-state index in [0.29, 0.717) is 11.7 Å². The molecule has 0 aliphatic heterocycles. The van der Waals surface area contributed by atoms with Crippen molar-refractivity contribution in [1.82, 2.24) is 19.6 Å². The fourth-order valence-corrected chi connectivity index (χ4v) is 2.25. The van der Waals surface area contributed by atoms with Gasteiger partial charge < -0.3 is 5.32 Å². The number of aryl methyl sites for hydroxylation is 2. The van der Waals surface area contributed by atoms with Crippen LogP contribution in [-0.4, -0.2) is 25.5 Å². The molecule has 5 nitrogen and oxygen atoms in total. The summed E-state index contributed by atoms with van der Waals surface area (Å²) in [5.41, 5.74) is 2.90. The molecule has 2 aromatic heterocycles. The molecule has 2 heterocycles. The highest BCUT2D eigenvalue weighted by Crippen LogP contribution is 2.19. The van der Waals surface area contributed by atoms with Gasteiger partial charge in [0.15, 0.2) is 5.82 Å². The average molecular weight is 288 g/mol. The van der Waals surface area contributed by atoms with Crippen molar-refractivity contribution in [3.05, 3.63) is 48.0 Å². The van der Waals surface area contributed by atoms with Gasteiger partial charge in [-0.2, -0.15) is 0 Å². The Hall–Kier alpha value is -2.14. The lowest BCUT2D eigenvalue weighted by molar-refractivity contribution is 1.00. The van der Waals surface area contributed by atoms with E-state index in [-0.39, 0.29) is 0 Å². The Morgan fingerprint density at radius 3 is 2.75 bits per heavy atom. The largest absolute Gasteiger partial charge is 0.337 e. The van der Waals surface area contributed by atoms with Gasteiger partial charge in [0.25, 0.3) is 0 Å². The molecule has 1 N–H and O–H groups in total. The van der Waals surface area contributed by atoms with E-state index in [1.54, 1.807) is 6.20 Å². The first kappa shape index (κ1) is 12.9. The van der Waals surface area contributed by atoms with Crippen LogP contribution in [0.3, 0.4) is 0 Å². The summed E-state index contributed by atoms with van der Waals surface area (Å²) in [5, 5.41) is 11.4. The minimum absolute atomic E-state index is 0.632. The minimum Gasteiger partial charge on any atom is -0.337 e. The Bertz CT molecular complexity index is 720. The van der Waals surface area contributed by atoms with Gasteiger partial charge in [-0.3, -0.25) is 4.40 Å². The molecule has 0 saturated carbocycles. The lowest BCUT2D eigenvalue weighted by atomic mass is 10.1. The average Bonchev–Trinajstić information content (AvgIpc) is 2.84. The fraction of sp³-hybridized carbons (Fsp3) is 0.214. The molecule has 20 heavy (non-hydrogen) atoms. The second-order valence-corrected chi connectivity index (χ2v) is 4.86. The first-order valence-corrected chi connectivity index (χ1v) is 6.89. The number of hydrogen-bond donors (Lipinski definition) is 1. The van der Waals surface area contributed by atoms with Gasteiger partial charge in [-0.1, -0.05) is 12.1 Å². The normalized spacial score (nSPS) is 10.9. The van der Waals surface area contributed by atoms with Gasteiger partial charge in [0.2, 0.25) is 5.65 Å². The summed E-state index contributed by atoms with van der Waals surface area (Å²) in [6.45, 7) is 1.91. The van der Waals surface area contributed by atoms with Gasteiger partial charge in [0.05, 0.1) is 0 Å². The van der Waals surface area contributed by atoms with E-state index in [2.05, 4.69) is 32.6 Å². The first-order valence-electron chi connectivity index (χ1n) is 6.36. The Labute approximate surface area is 121 Å². The molecule has 3 aromatic rings. The van der Waals surface area contributed by atoms with Gasteiger partial charge in [-0.25, -0.2) is 4.98 Å². The van der Waals surface area contributed by atoms with Crippen LogP contribution in [-0.2, 0) is 6.42 Å². The van der Waals surface area contributed by atoms with Crippen LogP contribution in [0.4, 0.5) is 11.5 Å². The van der Waals surface area contributed by atoms with Crippen LogP contribution < -0.4 is 5.32 Å².